The van der Waals surface area contributed by atoms with E-state index in [4.69, 9.17) is 4.74 Å². The Kier molecular flexibility index (Phi) is 3.55. The molecule has 0 aliphatic carbocycles. The highest BCUT2D eigenvalue weighted by Gasteiger charge is 2.38. The van der Waals surface area contributed by atoms with Crippen LogP contribution in [0.5, 0.6) is 0 Å². The van der Waals surface area contributed by atoms with Crippen molar-refractivity contribution >= 4 is 0 Å². The normalized spacial score (nSPS) is 23.1. The minimum Gasteiger partial charge on any atom is -0.379 e. The van der Waals surface area contributed by atoms with E-state index >= 15 is 0 Å². The van der Waals surface area contributed by atoms with Crippen molar-refractivity contribution in [1.29, 1.82) is 0 Å². The van der Waals surface area contributed by atoms with Crippen LogP contribution in [0.3, 0.4) is 0 Å². The smallest absolute Gasteiger partial charge is 0.290 e. The van der Waals surface area contributed by atoms with Crippen LogP contribution in [0.15, 0.2) is 0 Å². The van der Waals surface area contributed by atoms with Crippen molar-refractivity contribution in [2.45, 2.75) is 19.0 Å². The molecule has 0 N–H and O–H groups in total. The summed E-state index contributed by atoms with van der Waals surface area (Å²) in [4.78, 5) is 1.53. The predicted octanol–water partition coefficient (Wildman–Crippen LogP) is 1.31. The quantitative estimate of drug-likeness (QED) is 0.676. The van der Waals surface area contributed by atoms with Crippen LogP contribution in [0.2, 0.25) is 0 Å². The van der Waals surface area contributed by atoms with Gasteiger partial charge >= 0.3 is 0 Å². The Bertz CT molecular complexity index is 157. The van der Waals surface area contributed by atoms with Crippen LogP contribution in [0.4, 0.5) is 13.2 Å². The molecule has 1 aliphatic rings. The molecule has 0 aromatic carbocycles. The van der Waals surface area contributed by atoms with Gasteiger partial charge in [0.2, 0.25) is 0 Å². The molecule has 1 saturated heterocycles. The fourth-order valence-corrected chi connectivity index (χ4v) is 1.18. The Morgan fingerprint density at radius 1 is 1.38 bits per heavy atom. The number of rotatable bonds is 3. The van der Waals surface area contributed by atoms with Crippen LogP contribution < -0.4 is 0 Å². The molecule has 5 heteroatoms. The monoisotopic (exact) mass is 197 g/mol. The highest BCUT2D eigenvalue weighted by Crippen LogP contribution is 2.22. The second-order valence-corrected chi connectivity index (χ2v) is 3.27. The van der Waals surface area contributed by atoms with Crippen LogP contribution in [0, 0.1) is 0 Å². The molecule has 2 nitrogen and oxygen atoms in total. The van der Waals surface area contributed by atoms with Crippen molar-refractivity contribution in [2.24, 2.45) is 0 Å². The standard InChI is InChI=1S/C8H14F3NO/c1-7(9)8(10,11)6-12-2-4-13-5-3-12/h7H,2-6H2,1H3. The van der Waals surface area contributed by atoms with Crippen LogP contribution in [0.1, 0.15) is 6.92 Å². The van der Waals surface area contributed by atoms with Crippen molar-refractivity contribution in [2.75, 3.05) is 32.8 Å². The molecule has 0 aromatic rings. The summed E-state index contributed by atoms with van der Waals surface area (Å²) in [6.07, 6.45) is -2.09. The van der Waals surface area contributed by atoms with Gasteiger partial charge in [0.1, 0.15) is 0 Å². The number of morpholine rings is 1. The molecule has 1 fully saturated rings. The molecule has 0 aromatic heterocycles. The molecule has 78 valence electrons. The fraction of sp³-hybridized carbons (Fsp3) is 1.00. The van der Waals surface area contributed by atoms with Crippen molar-refractivity contribution in [1.82, 2.24) is 4.90 Å². The average Bonchev–Trinajstić information content (AvgIpc) is 2.05. The first kappa shape index (κ1) is 10.8. The van der Waals surface area contributed by atoms with E-state index in [0.29, 0.717) is 26.3 Å². The maximum atomic E-state index is 12.9. The maximum Gasteiger partial charge on any atom is 0.290 e. The zero-order valence-corrected chi connectivity index (χ0v) is 7.60. The third kappa shape index (κ3) is 3.15. The maximum absolute atomic E-state index is 12.9. The second kappa shape index (κ2) is 4.28. The lowest BCUT2D eigenvalue weighted by molar-refractivity contribution is -0.0993. The van der Waals surface area contributed by atoms with Crippen molar-refractivity contribution < 1.29 is 17.9 Å². The average molecular weight is 197 g/mol. The lowest BCUT2D eigenvalue weighted by Crippen LogP contribution is -2.46. The van der Waals surface area contributed by atoms with Gasteiger partial charge in [-0.1, -0.05) is 0 Å². The highest BCUT2D eigenvalue weighted by molar-refractivity contribution is 4.78. The van der Waals surface area contributed by atoms with Gasteiger partial charge in [-0.2, -0.15) is 0 Å². The summed E-state index contributed by atoms with van der Waals surface area (Å²) in [5, 5.41) is 0. The van der Waals surface area contributed by atoms with E-state index in [1.807, 2.05) is 0 Å². The van der Waals surface area contributed by atoms with Gasteiger partial charge in [-0.15, -0.1) is 0 Å². The van der Waals surface area contributed by atoms with E-state index in [9.17, 15) is 13.2 Å². The summed E-state index contributed by atoms with van der Waals surface area (Å²) in [6.45, 7) is 2.21. The predicted molar refractivity (Wildman–Crippen MR) is 42.8 cm³/mol. The van der Waals surface area contributed by atoms with Crippen LogP contribution >= 0.6 is 0 Å². The number of ether oxygens (including phenoxy) is 1. The van der Waals surface area contributed by atoms with Gasteiger partial charge in [0, 0.05) is 13.1 Å². The lowest BCUT2D eigenvalue weighted by atomic mass is 10.2. The van der Waals surface area contributed by atoms with E-state index < -0.39 is 18.6 Å². The molecule has 0 amide bonds. The first-order chi connectivity index (χ1) is 6.02. The Labute approximate surface area is 75.7 Å². The summed E-state index contributed by atoms with van der Waals surface area (Å²) in [6, 6.07) is 0. The number of hydrogen-bond acceptors (Lipinski definition) is 2. The second-order valence-electron chi connectivity index (χ2n) is 3.27. The van der Waals surface area contributed by atoms with Crippen molar-refractivity contribution in [3.63, 3.8) is 0 Å². The van der Waals surface area contributed by atoms with Crippen molar-refractivity contribution in [3.05, 3.63) is 0 Å². The van der Waals surface area contributed by atoms with Crippen molar-refractivity contribution in [3.8, 4) is 0 Å². The van der Waals surface area contributed by atoms with Gasteiger partial charge in [-0.3, -0.25) is 4.90 Å². The van der Waals surface area contributed by atoms with Crippen LogP contribution in [-0.4, -0.2) is 49.8 Å². The molecular weight excluding hydrogens is 183 g/mol. The van der Waals surface area contributed by atoms with Gasteiger partial charge in [-0.25, -0.2) is 13.2 Å². The topological polar surface area (TPSA) is 12.5 Å². The third-order valence-electron chi connectivity index (χ3n) is 2.12. The molecule has 1 atom stereocenters. The summed E-state index contributed by atoms with van der Waals surface area (Å²) in [5.41, 5.74) is 0. The number of alkyl halides is 3. The zero-order valence-electron chi connectivity index (χ0n) is 7.60. The minimum absolute atomic E-state index is 0.455. The Morgan fingerprint density at radius 3 is 2.38 bits per heavy atom. The summed E-state index contributed by atoms with van der Waals surface area (Å²) in [7, 11) is 0. The molecule has 0 bridgehead atoms. The Balaban J connectivity index is 2.37. The minimum atomic E-state index is -3.24. The van der Waals surface area contributed by atoms with Gasteiger partial charge in [0.05, 0.1) is 19.8 Å². The van der Waals surface area contributed by atoms with Gasteiger partial charge in [0.25, 0.3) is 5.92 Å². The summed E-state index contributed by atoms with van der Waals surface area (Å²) >= 11 is 0. The summed E-state index contributed by atoms with van der Waals surface area (Å²) in [5.74, 6) is -3.24. The Hall–Kier alpha value is -0.290. The third-order valence-corrected chi connectivity index (χ3v) is 2.12. The molecule has 0 spiro atoms. The van der Waals surface area contributed by atoms with E-state index in [0.717, 1.165) is 6.92 Å². The summed E-state index contributed by atoms with van der Waals surface area (Å²) < 4.78 is 43.2. The van der Waals surface area contributed by atoms with E-state index in [2.05, 4.69) is 0 Å². The van der Waals surface area contributed by atoms with Crippen LogP contribution in [0.25, 0.3) is 0 Å². The number of nitrogens with zero attached hydrogens (tertiary/aromatic N) is 1. The largest absolute Gasteiger partial charge is 0.379 e. The van der Waals surface area contributed by atoms with E-state index in [1.54, 1.807) is 0 Å². The van der Waals surface area contributed by atoms with Crippen LogP contribution in [-0.2, 0) is 4.74 Å². The lowest BCUT2D eigenvalue weighted by Gasteiger charge is -2.30. The van der Waals surface area contributed by atoms with E-state index in [1.165, 1.54) is 4.90 Å². The first-order valence-electron chi connectivity index (χ1n) is 4.34. The fourth-order valence-electron chi connectivity index (χ4n) is 1.18. The molecule has 1 rings (SSSR count). The molecule has 1 unspecified atom stereocenters. The molecule has 0 radical (unpaired) electrons. The van der Waals surface area contributed by atoms with E-state index in [-0.39, 0.29) is 0 Å². The number of hydrogen-bond donors (Lipinski definition) is 0. The molecule has 1 aliphatic heterocycles. The SMILES string of the molecule is CC(F)C(F)(F)CN1CCOCC1. The molecule has 1 heterocycles. The molecule has 0 saturated carbocycles. The first-order valence-corrected chi connectivity index (χ1v) is 4.34. The van der Waals surface area contributed by atoms with Gasteiger partial charge in [-0.05, 0) is 6.92 Å². The van der Waals surface area contributed by atoms with Gasteiger partial charge < -0.3 is 4.74 Å². The number of halogens is 3. The zero-order chi connectivity index (χ0) is 9.90. The van der Waals surface area contributed by atoms with Gasteiger partial charge in [0.15, 0.2) is 6.17 Å². The molecular formula is C8H14F3NO. The highest BCUT2D eigenvalue weighted by atomic mass is 19.3. The Morgan fingerprint density at radius 2 is 1.92 bits per heavy atom. The molecule has 13 heavy (non-hydrogen) atoms.